The van der Waals surface area contributed by atoms with Crippen molar-refractivity contribution in [2.24, 2.45) is 11.8 Å². The van der Waals surface area contributed by atoms with E-state index in [2.05, 4.69) is 34.5 Å². The number of aliphatic hydroxyl groups excluding tert-OH is 1. The van der Waals surface area contributed by atoms with E-state index < -0.39 is 0 Å². The Labute approximate surface area is 169 Å². The predicted octanol–water partition coefficient (Wildman–Crippen LogP) is 3.83. The summed E-state index contributed by atoms with van der Waals surface area (Å²) in [5.41, 5.74) is 2.82. The van der Waals surface area contributed by atoms with E-state index in [1.807, 2.05) is 0 Å². The maximum atomic E-state index is 13.2. The summed E-state index contributed by atoms with van der Waals surface area (Å²) >= 11 is 0. The van der Waals surface area contributed by atoms with Gasteiger partial charge in [-0.3, -0.25) is 4.79 Å². The molecule has 2 saturated carbocycles. The molecule has 2 aliphatic carbocycles. The van der Waals surface area contributed by atoms with Gasteiger partial charge < -0.3 is 15.3 Å². The van der Waals surface area contributed by atoms with Crippen molar-refractivity contribution < 1.29 is 9.90 Å². The van der Waals surface area contributed by atoms with Crippen LogP contribution >= 0.6 is 0 Å². The Morgan fingerprint density at radius 3 is 2.61 bits per heavy atom. The van der Waals surface area contributed by atoms with Crippen molar-refractivity contribution in [2.75, 3.05) is 19.6 Å². The Bertz CT molecular complexity index is 656. The Hall–Kier alpha value is -1.39. The van der Waals surface area contributed by atoms with Gasteiger partial charge in [0.05, 0.1) is 18.7 Å². The number of fused-ring (bicyclic) bond motifs is 1. The summed E-state index contributed by atoms with van der Waals surface area (Å²) in [5.74, 6) is 1.13. The Morgan fingerprint density at radius 2 is 1.79 bits per heavy atom. The Balaban J connectivity index is 1.42. The number of nitrogens with one attached hydrogen (secondary N) is 1. The number of carbonyl (C=O) groups is 1. The zero-order valence-electron chi connectivity index (χ0n) is 17.1. The average molecular weight is 385 g/mol. The van der Waals surface area contributed by atoms with E-state index in [-0.39, 0.29) is 18.1 Å². The van der Waals surface area contributed by atoms with Crippen LogP contribution in [0.2, 0.25) is 0 Å². The lowest BCUT2D eigenvalue weighted by Gasteiger charge is -2.43. The molecular formula is C24H36N2O2. The number of carbonyl (C=O) groups excluding carboxylic acids is 1. The first-order valence-electron chi connectivity index (χ1n) is 11.5. The van der Waals surface area contributed by atoms with E-state index in [1.54, 1.807) is 0 Å². The highest BCUT2D eigenvalue weighted by atomic mass is 16.3. The molecule has 1 amide bonds. The molecular weight excluding hydrogens is 348 g/mol. The minimum absolute atomic E-state index is 0.201. The summed E-state index contributed by atoms with van der Waals surface area (Å²) in [4.78, 5) is 15.4. The number of aliphatic hydroxyl groups is 1. The van der Waals surface area contributed by atoms with Crippen LogP contribution in [0.3, 0.4) is 0 Å². The molecule has 3 atom stereocenters. The largest absolute Gasteiger partial charge is 0.393 e. The minimum atomic E-state index is -0.201. The molecule has 0 radical (unpaired) electrons. The molecule has 3 aliphatic rings. The molecule has 0 bridgehead atoms. The van der Waals surface area contributed by atoms with Crippen molar-refractivity contribution in [2.45, 2.75) is 76.4 Å². The first-order chi connectivity index (χ1) is 13.7. The van der Waals surface area contributed by atoms with E-state index in [0.717, 1.165) is 38.8 Å². The zero-order chi connectivity index (χ0) is 19.3. The number of nitrogens with zero attached hydrogens (tertiary/aromatic N) is 1. The second-order valence-electron chi connectivity index (χ2n) is 9.12. The summed E-state index contributed by atoms with van der Waals surface area (Å²) in [7, 11) is 0. The summed E-state index contributed by atoms with van der Waals surface area (Å²) in [6.07, 6.45) is 11.5. The Kier molecular flexibility index (Phi) is 6.69. The quantitative estimate of drug-likeness (QED) is 0.811. The molecule has 1 aromatic rings. The lowest BCUT2D eigenvalue weighted by molar-refractivity contribution is -0.135. The predicted molar refractivity (Wildman–Crippen MR) is 112 cm³/mol. The molecule has 4 nitrogen and oxygen atoms in total. The van der Waals surface area contributed by atoms with Crippen molar-refractivity contribution in [3.63, 3.8) is 0 Å². The third kappa shape index (κ3) is 4.44. The maximum absolute atomic E-state index is 13.2. The fourth-order valence-corrected chi connectivity index (χ4v) is 5.73. The number of amides is 1. The van der Waals surface area contributed by atoms with Crippen molar-refractivity contribution in [3.8, 4) is 0 Å². The van der Waals surface area contributed by atoms with Gasteiger partial charge in [0.2, 0.25) is 5.91 Å². The lowest BCUT2D eigenvalue weighted by atomic mass is 9.77. The molecule has 154 valence electrons. The van der Waals surface area contributed by atoms with Gasteiger partial charge in [-0.25, -0.2) is 0 Å². The lowest BCUT2D eigenvalue weighted by Crippen LogP contribution is -2.47. The summed E-state index contributed by atoms with van der Waals surface area (Å²) in [5, 5.41) is 13.5. The van der Waals surface area contributed by atoms with Crippen LogP contribution in [0.25, 0.3) is 0 Å². The van der Waals surface area contributed by atoms with Gasteiger partial charge in [0, 0.05) is 13.1 Å². The fraction of sp³-hybridized carbons (Fsp3) is 0.708. The number of benzene rings is 1. The van der Waals surface area contributed by atoms with Gasteiger partial charge in [-0.15, -0.1) is 0 Å². The molecule has 0 saturated heterocycles. The van der Waals surface area contributed by atoms with E-state index >= 15 is 0 Å². The third-order valence-corrected chi connectivity index (χ3v) is 7.30. The van der Waals surface area contributed by atoms with Crippen LogP contribution in [0, 0.1) is 11.8 Å². The summed E-state index contributed by atoms with van der Waals surface area (Å²) in [6.45, 7) is 1.99. The standard InChI is InChI=1S/C24H36N2O2/c27-22-13-7-5-11-20(22)16-25-17-23(28)26-15-14-18-8-4-6-12-21(18)24(26)19-9-2-1-3-10-19/h4,6,8,12,19-20,22,24-25,27H,1-3,5,7,9-11,13-17H2/t20-,22-,24?/m1/s1. The SMILES string of the molecule is O=C(CNC[C@H]1CCCC[C@H]1O)N1CCc2ccccc2C1C1CCCCC1. The topological polar surface area (TPSA) is 52.6 Å². The van der Waals surface area contributed by atoms with Crippen LogP contribution in [-0.2, 0) is 11.2 Å². The number of hydrogen-bond acceptors (Lipinski definition) is 3. The van der Waals surface area contributed by atoms with Gasteiger partial charge >= 0.3 is 0 Å². The van der Waals surface area contributed by atoms with Gasteiger partial charge in [-0.2, -0.15) is 0 Å². The number of rotatable bonds is 5. The van der Waals surface area contributed by atoms with Crippen molar-refractivity contribution in [1.29, 1.82) is 0 Å². The molecule has 1 unspecified atom stereocenters. The molecule has 0 spiro atoms. The van der Waals surface area contributed by atoms with Crippen LogP contribution in [0.4, 0.5) is 0 Å². The molecule has 4 rings (SSSR count). The normalized spacial score (nSPS) is 28.8. The van der Waals surface area contributed by atoms with Crippen molar-refractivity contribution >= 4 is 5.91 Å². The average Bonchev–Trinajstić information content (AvgIpc) is 2.75. The monoisotopic (exact) mass is 384 g/mol. The highest BCUT2D eigenvalue weighted by Gasteiger charge is 2.36. The minimum Gasteiger partial charge on any atom is -0.393 e. The van der Waals surface area contributed by atoms with E-state index in [4.69, 9.17) is 0 Å². The van der Waals surface area contributed by atoms with Gasteiger partial charge in [0.25, 0.3) is 0 Å². The van der Waals surface area contributed by atoms with E-state index in [0.29, 0.717) is 18.4 Å². The summed E-state index contributed by atoms with van der Waals surface area (Å²) in [6, 6.07) is 9.01. The van der Waals surface area contributed by atoms with Crippen LogP contribution in [-0.4, -0.2) is 41.7 Å². The molecule has 2 fully saturated rings. The molecule has 4 heteroatoms. The van der Waals surface area contributed by atoms with Gasteiger partial charge in [-0.05, 0) is 55.1 Å². The second kappa shape index (κ2) is 9.41. The third-order valence-electron chi connectivity index (χ3n) is 7.30. The first kappa shape index (κ1) is 19.9. The van der Waals surface area contributed by atoms with Crippen LogP contribution in [0.5, 0.6) is 0 Å². The smallest absolute Gasteiger partial charge is 0.237 e. The molecule has 1 aromatic carbocycles. The highest BCUT2D eigenvalue weighted by molar-refractivity contribution is 5.79. The van der Waals surface area contributed by atoms with Crippen molar-refractivity contribution in [3.05, 3.63) is 35.4 Å². The molecule has 1 heterocycles. The Morgan fingerprint density at radius 1 is 1.04 bits per heavy atom. The maximum Gasteiger partial charge on any atom is 0.237 e. The molecule has 28 heavy (non-hydrogen) atoms. The molecule has 1 aliphatic heterocycles. The number of hydrogen-bond donors (Lipinski definition) is 2. The van der Waals surface area contributed by atoms with Gasteiger partial charge in [0.1, 0.15) is 0 Å². The van der Waals surface area contributed by atoms with Crippen molar-refractivity contribution in [1.82, 2.24) is 10.2 Å². The van der Waals surface area contributed by atoms with Crippen LogP contribution in [0.15, 0.2) is 24.3 Å². The van der Waals surface area contributed by atoms with E-state index in [1.165, 1.54) is 49.7 Å². The zero-order valence-corrected chi connectivity index (χ0v) is 17.1. The first-order valence-corrected chi connectivity index (χ1v) is 11.5. The van der Waals surface area contributed by atoms with Gasteiger partial charge in [0.15, 0.2) is 0 Å². The highest BCUT2D eigenvalue weighted by Crippen LogP contribution is 2.41. The molecule has 2 N–H and O–H groups in total. The van der Waals surface area contributed by atoms with Crippen LogP contribution in [0.1, 0.15) is 75.0 Å². The fourth-order valence-electron chi connectivity index (χ4n) is 5.73. The summed E-state index contributed by atoms with van der Waals surface area (Å²) < 4.78 is 0. The van der Waals surface area contributed by atoms with Gasteiger partial charge in [-0.1, -0.05) is 56.4 Å². The molecule has 0 aromatic heterocycles. The van der Waals surface area contributed by atoms with E-state index in [9.17, 15) is 9.90 Å². The van der Waals surface area contributed by atoms with Crippen LogP contribution < -0.4 is 5.32 Å². The second-order valence-corrected chi connectivity index (χ2v) is 9.12.